The smallest absolute Gasteiger partial charge is 0.330 e. The second-order valence-corrected chi connectivity index (χ2v) is 5.15. The van der Waals surface area contributed by atoms with Gasteiger partial charge in [-0.3, -0.25) is 0 Å². The van der Waals surface area contributed by atoms with Gasteiger partial charge < -0.3 is 11.1 Å². The van der Waals surface area contributed by atoms with Gasteiger partial charge >= 0.3 is 6.18 Å². The van der Waals surface area contributed by atoms with Gasteiger partial charge in [0.25, 0.3) is 0 Å². The summed E-state index contributed by atoms with van der Waals surface area (Å²) in [7, 11) is 0. The number of nitrogens with two attached hydrogens (primary N) is 1. The predicted molar refractivity (Wildman–Crippen MR) is 62.6 cm³/mol. The highest BCUT2D eigenvalue weighted by atomic mass is 19.4. The zero-order valence-electron chi connectivity index (χ0n) is 10.4. The molecule has 0 aromatic rings. The zero-order valence-corrected chi connectivity index (χ0v) is 10.4. The van der Waals surface area contributed by atoms with Crippen LogP contribution in [0.5, 0.6) is 0 Å². The fraction of sp³-hybridized carbons (Fsp3) is 1.00. The predicted octanol–water partition coefficient (Wildman–Crippen LogP) is 2.68. The average molecular weight is 252 g/mol. The Bertz CT molecular complexity index is 210. The van der Waals surface area contributed by atoms with E-state index in [1.165, 1.54) is 0 Å². The van der Waals surface area contributed by atoms with Crippen LogP contribution in [0.25, 0.3) is 0 Å². The summed E-state index contributed by atoms with van der Waals surface area (Å²) in [4.78, 5) is 0. The minimum absolute atomic E-state index is 0.293. The van der Waals surface area contributed by atoms with E-state index < -0.39 is 12.1 Å². The molecule has 0 heterocycles. The number of hydrogen-bond donors (Lipinski definition) is 2. The van der Waals surface area contributed by atoms with Crippen molar-refractivity contribution in [2.24, 2.45) is 17.6 Å². The summed E-state index contributed by atoms with van der Waals surface area (Å²) in [5.41, 5.74) is 5.44. The highest BCUT2D eigenvalue weighted by Crippen LogP contribution is 2.39. The number of hydrogen-bond acceptors (Lipinski definition) is 2. The highest BCUT2D eigenvalue weighted by molar-refractivity contribution is 4.78. The lowest BCUT2D eigenvalue weighted by atomic mass is 9.81. The van der Waals surface area contributed by atoms with Crippen LogP contribution in [-0.4, -0.2) is 25.3 Å². The largest absolute Gasteiger partial charge is 0.391 e. The molecule has 102 valence electrons. The molecule has 1 rings (SSSR count). The summed E-state index contributed by atoms with van der Waals surface area (Å²) in [5.74, 6) is -0.672. The van der Waals surface area contributed by atoms with Crippen LogP contribution in [0.3, 0.4) is 0 Å². The molecule has 0 bridgehead atoms. The van der Waals surface area contributed by atoms with Gasteiger partial charge in [0, 0.05) is 6.04 Å². The van der Waals surface area contributed by atoms with E-state index in [0.717, 1.165) is 13.0 Å². The molecule has 0 aromatic carbocycles. The van der Waals surface area contributed by atoms with Crippen molar-refractivity contribution in [3.05, 3.63) is 0 Å². The van der Waals surface area contributed by atoms with Gasteiger partial charge in [-0.25, -0.2) is 0 Å². The highest BCUT2D eigenvalue weighted by Gasteiger charge is 2.41. The Morgan fingerprint density at radius 2 is 1.82 bits per heavy atom. The van der Waals surface area contributed by atoms with Crippen LogP contribution in [0, 0.1) is 11.8 Å². The lowest BCUT2D eigenvalue weighted by molar-refractivity contribution is -0.183. The SMILES string of the molecule is CC(CCN)NCC1CCC(C(F)(F)F)CC1. The molecule has 17 heavy (non-hydrogen) atoms. The van der Waals surface area contributed by atoms with Crippen LogP contribution in [0.1, 0.15) is 39.0 Å². The van der Waals surface area contributed by atoms with Gasteiger partial charge in [-0.05, 0) is 58.0 Å². The first kappa shape index (κ1) is 14.8. The quantitative estimate of drug-likeness (QED) is 0.789. The van der Waals surface area contributed by atoms with E-state index in [2.05, 4.69) is 12.2 Å². The molecule has 1 fully saturated rings. The summed E-state index contributed by atoms with van der Waals surface area (Å²) < 4.78 is 37.4. The monoisotopic (exact) mass is 252 g/mol. The van der Waals surface area contributed by atoms with Crippen molar-refractivity contribution < 1.29 is 13.2 Å². The maximum absolute atomic E-state index is 12.5. The Balaban J connectivity index is 2.19. The summed E-state index contributed by atoms with van der Waals surface area (Å²) in [6.45, 7) is 3.54. The molecule has 0 spiro atoms. The number of nitrogens with one attached hydrogen (secondary N) is 1. The minimum Gasteiger partial charge on any atom is -0.330 e. The van der Waals surface area contributed by atoms with E-state index in [4.69, 9.17) is 5.73 Å². The first-order valence-electron chi connectivity index (χ1n) is 6.43. The standard InChI is InChI=1S/C12H23F3N2/c1-9(6-7-16)17-8-10-2-4-11(5-3-10)12(13,14)15/h9-11,17H,2-8,16H2,1H3. The van der Waals surface area contributed by atoms with Crippen LogP contribution in [0.2, 0.25) is 0 Å². The van der Waals surface area contributed by atoms with Gasteiger partial charge in [-0.15, -0.1) is 0 Å². The Hall–Kier alpha value is -0.290. The van der Waals surface area contributed by atoms with Gasteiger partial charge in [0.15, 0.2) is 0 Å². The van der Waals surface area contributed by atoms with Gasteiger partial charge in [-0.1, -0.05) is 0 Å². The molecule has 1 saturated carbocycles. The van der Waals surface area contributed by atoms with Crippen molar-refractivity contribution in [2.75, 3.05) is 13.1 Å². The third-order valence-electron chi connectivity index (χ3n) is 3.66. The molecule has 2 nitrogen and oxygen atoms in total. The Labute approximate surface area is 101 Å². The van der Waals surface area contributed by atoms with Crippen molar-refractivity contribution in [3.8, 4) is 0 Å². The first-order valence-corrected chi connectivity index (χ1v) is 6.43. The molecule has 0 radical (unpaired) electrons. The summed E-state index contributed by atoms with van der Waals surface area (Å²) >= 11 is 0. The second-order valence-electron chi connectivity index (χ2n) is 5.15. The molecule has 0 aliphatic heterocycles. The lowest BCUT2D eigenvalue weighted by Crippen LogP contribution is -2.35. The van der Waals surface area contributed by atoms with Crippen molar-refractivity contribution >= 4 is 0 Å². The van der Waals surface area contributed by atoms with Gasteiger partial charge in [0.05, 0.1) is 5.92 Å². The van der Waals surface area contributed by atoms with Crippen molar-refractivity contribution in [1.82, 2.24) is 5.32 Å². The fourth-order valence-electron chi connectivity index (χ4n) is 2.41. The normalized spacial score (nSPS) is 28.1. The molecule has 1 atom stereocenters. The van der Waals surface area contributed by atoms with Gasteiger partial charge in [-0.2, -0.15) is 13.2 Å². The number of halogens is 3. The Morgan fingerprint density at radius 1 is 1.24 bits per heavy atom. The lowest BCUT2D eigenvalue weighted by Gasteiger charge is -2.30. The van der Waals surface area contributed by atoms with Gasteiger partial charge in [0.2, 0.25) is 0 Å². The maximum atomic E-state index is 12.5. The topological polar surface area (TPSA) is 38.0 Å². The summed E-state index contributed by atoms with van der Waals surface area (Å²) in [6, 6.07) is 0.361. The van der Waals surface area contributed by atoms with Crippen molar-refractivity contribution in [2.45, 2.75) is 51.2 Å². The Kier molecular flexibility index (Phi) is 5.73. The second kappa shape index (κ2) is 6.59. The van der Waals surface area contributed by atoms with E-state index in [1.807, 2.05) is 0 Å². The third-order valence-corrected chi connectivity index (χ3v) is 3.66. The van der Waals surface area contributed by atoms with E-state index >= 15 is 0 Å². The van der Waals surface area contributed by atoms with E-state index in [1.54, 1.807) is 0 Å². The summed E-state index contributed by atoms with van der Waals surface area (Å²) in [5, 5.41) is 3.35. The molecule has 0 amide bonds. The van der Waals surface area contributed by atoms with Crippen molar-refractivity contribution in [1.29, 1.82) is 0 Å². The van der Waals surface area contributed by atoms with Crippen LogP contribution in [-0.2, 0) is 0 Å². The van der Waals surface area contributed by atoms with Gasteiger partial charge in [0.1, 0.15) is 0 Å². The third kappa shape index (κ3) is 5.25. The summed E-state index contributed by atoms with van der Waals surface area (Å²) in [6.07, 6.45) is -1.12. The van der Waals surface area contributed by atoms with E-state index in [9.17, 15) is 13.2 Å². The first-order chi connectivity index (χ1) is 7.93. The van der Waals surface area contributed by atoms with Crippen LogP contribution >= 0.6 is 0 Å². The van der Waals surface area contributed by atoms with Crippen molar-refractivity contribution in [3.63, 3.8) is 0 Å². The molecule has 0 saturated heterocycles. The fourth-order valence-corrected chi connectivity index (χ4v) is 2.41. The molecule has 3 N–H and O–H groups in total. The zero-order chi connectivity index (χ0) is 12.9. The number of rotatable bonds is 5. The minimum atomic E-state index is -3.99. The van der Waals surface area contributed by atoms with Crippen LogP contribution in [0.4, 0.5) is 13.2 Å². The molecule has 1 aliphatic rings. The van der Waals surface area contributed by atoms with E-state index in [0.29, 0.717) is 44.2 Å². The molecule has 5 heteroatoms. The molecule has 1 unspecified atom stereocenters. The molecular formula is C12H23F3N2. The van der Waals surface area contributed by atoms with Crippen LogP contribution in [0.15, 0.2) is 0 Å². The molecule has 0 aromatic heterocycles. The molecule has 1 aliphatic carbocycles. The Morgan fingerprint density at radius 3 is 2.29 bits per heavy atom. The average Bonchev–Trinajstić information content (AvgIpc) is 2.26. The molecular weight excluding hydrogens is 229 g/mol. The maximum Gasteiger partial charge on any atom is 0.391 e. The number of alkyl halides is 3. The van der Waals surface area contributed by atoms with E-state index in [-0.39, 0.29) is 0 Å². The van der Waals surface area contributed by atoms with Crippen LogP contribution < -0.4 is 11.1 Å².